The van der Waals surface area contributed by atoms with Crippen LogP contribution < -0.4 is 0 Å². The summed E-state index contributed by atoms with van der Waals surface area (Å²) < 4.78 is 2.13. The lowest BCUT2D eigenvalue weighted by atomic mass is 10.2. The highest BCUT2D eigenvalue weighted by Crippen LogP contribution is 2.15. The Morgan fingerprint density at radius 3 is 2.78 bits per heavy atom. The zero-order valence-corrected chi connectivity index (χ0v) is 13.6. The fourth-order valence-electron chi connectivity index (χ4n) is 3.00. The molecular weight excluding hydrogens is 308 g/mol. The molecule has 0 unspecified atom stereocenters. The number of carbonyl (C=O) groups is 1. The van der Waals surface area contributed by atoms with Gasteiger partial charge in [-0.15, -0.1) is 11.3 Å². The van der Waals surface area contributed by atoms with E-state index in [4.69, 9.17) is 0 Å². The first kappa shape index (κ1) is 14.4. The maximum absolute atomic E-state index is 12.4. The Labute approximate surface area is 138 Å². The smallest absolute Gasteiger partial charge is 0.264 e. The summed E-state index contributed by atoms with van der Waals surface area (Å²) >= 11 is 1.51. The molecule has 5 nitrogen and oxygen atoms in total. The average Bonchev–Trinajstić information content (AvgIpc) is 3.25. The molecule has 118 valence electrons. The van der Waals surface area contributed by atoms with Crippen LogP contribution in [0.15, 0.2) is 48.1 Å². The molecule has 0 atom stereocenters. The summed E-state index contributed by atoms with van der Waals surface area (Å²) in [4.78, 5) is 22.0. The number of pyridine rings is 1. The Kier molecular flexibility index (Phi) is 3.85. The molecular formula is C17H18N4OS. The van der Waals surface area contributed by atoms with Crippen molar-refractivity contribution in [2.45, 2.75) is 6.54 Å². The lowest BCUT2D eigenvalue weighted by molar-refractivity contribution is 0.0631. The van der Waals surface area contributed by atoms with Gasteiger partial charge in [0.1, 0.15) is 5.65 Å². The highest BCUT2D eigenvalue weighted by atomic mass is 32.1. The summed E-state index contributed by atoms with van der Waals surface area (Å²) in [5.41, 5.74) is 2.17. The molecule has 0 spiro atoms. The van der Waals surface area contributed by atoms with E-state index in [9.17, 15) is 4.79 Å². The number of hydrogen-bond donors (Lipinski definition) is 0. The molecule has 1 aliphatic rings. The molecule has 1 aliphatic heterocycles. The van der Waals surface area contributed by atoms with Crippen molar-refractivity contribution in [3.8, 4) is 0 Å². The van der Waals surface area contributed by atoms with Crippen LogP contribution in [0.4, 0.5) is 0 Å². The third kappa shape index (κ3) is 2.87. The first-order valence-corrected chi connectivity index (χ1v) is 8.65. The molecule has 4 heterocycles. The highest BCUT2D eigenvalue weighted by molar-refractivity contribution is 7.12. The fraction of sp³-hybridized carbons (Fsp3) is 0.294. The van der Waals surface area contributed by atoms with Gasteiger partial charge < -0.3 is 9.30 Å². The maximum atomic E-state index is 12.4. The topological polar surface area (TPSA) is 40.9 Å². The van der Waals surface area contributed by atoms with Gasteiger partial charge in [-0.25, -0.2) is 4.98 Å². The van der Waals surface area contributed by atoms with Gasteiger partial charge in [0.05, 0.1) is 16.8 Å². The van der Waals surface area contributed by atoms with Gasteiger partial charge in [-0.3, -0.25) is 9.69 Å². The number of imidazole rings is 1. The van der Waals surface area contributed by atoms with Crippen molar-refractivity contribution in [1.82, 2.24) is 19.2 Å². The van der Waals surface area contributed by atoms with Gasteiger partial charge in [-0.1, -0.05) is 12.1 Å². The van der Waals surface area contributed by atoms with Crippen molar-refractivity contribution in [3.63, 3.8) is 0 Å². The van der Waals surface area contributed by atoms with E-state index < -0.39 is 0 Å². The molecule has 4 rings (SSSR count). The summed E-state index contributed by atoms with van der Waals surface area (Å²) in [6.07, 6.45) is 3.99. The van der Waals surface area contributed by atoms with Crippen LogP contribution >= 0.6 is 11.3 Å². The number of nitrogens with zero attached hydrogens (tertiary/aromatic N) is 4. The molecule has 0 aromatic carbocycles. The van der Waals surface area contributed by atoms with E-state index in [1.807, 2.05) is 53.0 Å². The van der Waals surface area contributed by atoms with E-state index in [0.29, 0.717) is 0 Å². The quantitative estimate of drug-likeness (QED) is 0.742. The minimum Gasteiger partial charge on any atom is -0.335 e. The minimum atomic E-state index is 0.162. The van der Waals surface area contributed by atoms with Crippen molar-refractivity contribution in [3.05, 3.63) is 58.7 Å². The Morgan fingerprint density at radius 2 is 2.00 bits per heavy atom. The molecule has 1 saturated heterocycles. The Morgan fingerprint density at radius 1 is 1.13 bits per heavy atom. The lowest BCUT2D eigenvalue weighted by Crippen LogP contribution is -2.48. The largest absolute Gasteiger partial charge is 0.335 e. The Bertz CT molecular complexity index is 803. The highest BCUT2D eigenvalue weighted by Gasteiger charge is 2.23. The van der Waals surface area contributed by atoms with Gasteiger partial charge in [-0.05, 0) is 23.6 Å². The molecule has 23 heavy (non-hydrogen) atoms. The van der Waals surface area contributed by atoms with Crippen molar-refractivity contribution in [1.29, 1.82) is 0 Å². The summed E-state index contributed by atoms with van der Waals surface area (Å²) in [6.45, 7) is 4.24. The van der Waals surface area contributed by atoms with Gasteiger partial charge in [0.15, 0.2) is 0 Å². The first-order chi connectivity index (χ1) is 11.3. The fourth-order valence-corrected chi connectivity index (χ4v) is 3.69. The number of hydrogen-bond acceptors (Lipinski definition) is 4. The van der Waals surface area contributed by atoms with Crippen LogP contribution in [0.5, 0.6) is 0 Å². The number of rotatable bonds is 3. The molecule has 6 heteroatoms. The van der Waals surface area contributed by atoms with Gasteiger partial charge in [-0.2, -0.15) is 0 Å². The number of piperazine rings is 1. The lowest BCUT2D eigenvalue weighted by Gasteiger charge is -2.34. The minimum absolute atomic E-state index is 0.162. The third-order valence-corrected chi connectivity index (χ3v) is 5.13. The average molecular weight is 326 g/mol. The second-order valence-electron chi connectivity index (χ2n) is 5.72. The molecule has 3 aromatic heterocycles. The van der Waals surface area contributed by atoms with E-state index in [2.05, 4.69) is 14.3 Å². The summed E-state index contributed by atoms with van der Waals surface area (Å²) in [6, 6.07) is 9.87. The monoisotopic (exact) mass is 326 g/mol. The van der Waals surface area contributed by atoms with Crippen LogP contribution in [-0.4, -0.2) is 51.3 Å². The first-order valence-electron chi connectivity index (χ1n) is 7.77. The number of aromatic nitrogens is 2. The molecule has 0 radical (unpaired) electrons. The standard InChI is InChI=1S/C17H18N4OS/c22-17(15-4-3-11-23-15)20-9-7-19(8-10-20)13-14-12-18-16-5-1-2-6-21(14)16/h1-6,11-12H,7-10,13H2. The molecule has 0 saturated carbocycles. The van der Waals surface area contributed by atoms with Gasteiger partial charge >= 0.3 is 0 Å². The predicted octanol–water partition coefficient (Wildman–Crippen LogP) is 2.35. The molecule has 0 N–H and O–H groups in total. The van der Waals surface area contributed by atoms with Crippen LogP contribution in [0.1, 0.15) is 15.4 Å². The van der Waals surface area contributed by atoms with Crippen LogP contribution in [0.2, 0.25) is 0 Å². The second kappa shape index (κ2) is 6.14. The second-order valence-corrected chi connectivity index (χ2v) is 6.67. The van der Waals surface area contributed by atoms with E-state index in [1.54, 1.807) is 0 Å². The van der Waals surface area contributed by atoms with Gasteiger partial charge in [0.2, 0.25) is 0 Å². The zero-order chi connectivity index (χ0) is 15.6. The van der Waals surface area contributed by atoms with Crippen molar-refractivity contribution in [2.24, 2.45) is 0 Å². The third-order valence-electron chi connectivity index (χ3n) is 4.27. The van der Waals surface area contributed by atoms with E-state index in [-0.39, 0.29) is 5.91 Å². The van der Waals surface area contributed by atoms with E-state index in [0.717, 1.165) is 43.2 Å². The summed E-state index contributed by atoms with van der Waals surface area (Å²) in [7, 11) is 0. The molecule has 0 aliphatic carbocycles. The predicted molar refractivity (Wildman–Crippen MR) is 90.7 cm³/mol. The van der Waals surface area contributed by atoms with Crippen LogP contribution in [0, 0.1) is 0 Å². The molecule has 1 amide bonds. The SMILES string of the molecule is O=C(c1cccs1)N1CCN(Cc2cnc3ccccn23)CC1. The maximum Gasteiger partial charge on any atom is 0.264 e. The van der Waals surface area contributed by atoms with Gasteiger partial charge in [0, 0.05) is 38.9 Å². The van der Waals surface area contributed by atoms with E-state index in [1.165, 1.54) is 17.0 Å². The van der Waals surface area contributed by atoms with Crippen molar-refractivity contribution in [2.75, 3.05) is 26.2 Å². The number of amides is 1. The van der Waals surface area contributed by atoms with Gasteiger partial charge in [0.25, 0.3) is 5.91 Å². The molecule has 1 fully saturated rings. The van der Waals surface area contributed by atoms with E-state index >= 15 is 0 Å². The Hall–Kier alpha value is -2.18. The normalized spacial score (nSPS) is 16.1. The zero-order valence-electron chi connectivity index (χ0n) is 12.8. The van der Waals surface area contributed by atoms with Crippen LogP contribution in [-0.2, 0) is 6.54 Å². The summed E-state index contributed by atoms with van der Waals surface area (Å²) in [5.74, 6) is 0.162. The number of fused-ring (bicyclic) bond motifs is 1. The number of thiophene rings is 1. The van der Waals surface area contributed by atoms with Crippen molar-refractivity contribution >= 4 is 22.9 Å². The summed E-state index contributed by atoms with van der Waals surface area (Å²) in [5, 5.41) is 1.95. The van der Waals surface area contributed by atoms with Crippen LogP contribution in [0.3, 0.4) is 0 Å². The molecule has 3 aromatic rings. The Balaban J connectivity index is 1.39. The van der Waals surface area contributed by atoms with Crippen molar-refractivity contribution < 1.29 is 4.79 Å². The van der Waals surface area contributed by atoms with Crippen LogP contribution in [0.25, 0.3) is 5.65 Å². The molecule has 0 bridgehead atoms. The number of carbonyl (C=O) groups excluding carboxylic acids is 1.